The third-order valence-corrected chi connectivity index (χ3v) is 4.74. The molecule has 0 aliphatic rings. The van der Waals surface area contributed by atoms with Gasteiger partial charge in [-0.25, -0.2) is 0 Å². The number of aryl methyl sites for hydroxylation is 2. The van der Waals surface area contributed by atoms with Crippen LogP contribution in [0.4, 0.5) is 5.69 Å². The van der Waals surface area contributed by atoms with E-state index in [9.17, 15) is 0 Å². The molecule has 136 valence electrons. The van der Waals surface area contributed by atoms with Crippen molar-refractivity contribution >= 4 is 22.7 Å². The zero-order valence-corrected chi connectivity index (χ0v) is 16.9. The highest BCUT2D eigenvalue weighted by atomic mass is 79.9. The van der Waals surface area contributed by atoms with Crippen molar-refractivity contribution in [3.05, 3.63) is 102 Å². The minimum atomic E-state index is 0. The van der Waals surface area contributed by atoms with Crippen molar-refractivity contribution in [2.45, 2.75) is 25.7 Å². The highest BCUT2D eigenvalue weighted by molar-refractivity contribution is 8.93. The number of anilines is 1. The Bertz CT molecular complexity index is 610. The Morgan fingerprint density at radius 2 is 1.00 bits per heavy atom. The van der Waals surface area contributed by atoms with E-state index >= 15 is 0 Å². The smallest absolute Gasteiger partial charge is 0.0340 e. The summed E-state index contributed by atoms with van der Waals surface area (Å²) in [5.74, 6) is 0.667. The number of hydrogen-bond acceptors (Lipinski definition) is 1. The van der Waals surface area contributed by atoms with E-state index in [1.165, 1.54) is 29.7 Å². The maximum Gasteiger partial charge on any atom is 0.0340 e. The highest BCUT2D eigenvalue weighted by Crippen LogP contribution is 2.18. The van der Waals surface area contributed by atoms with Crippen LogP contribution in [0.5, 0.6) is 0 Å². The second-order valence-electron chi connectivity index (χ2n) is 6.66. The molecule has 3 aromatic carbocycles. The molecule has 1 N–H and O–H groups in total. The summed E-state index contributed by atoms with van der Waals surface area (Å²) in [6.45, 7) is 1.03. The quantitative estimate of drug-likeness (QED) is 0.421. The molecule has 26 heavy (non-hydrogen) atoms. The molecule has 0 amide bonds. The van der Waals surface area contributed by atoms with Gasteiger partial charge >= 0.3 is 0 Å². The van der Waals surface area contributed by atoms with Crippen molar-refractivity contribution in [1.82, 2.24) is 0 Å². The van der Waals surface area contributed by atoms with Crippen molar-refractivity contribution in [3.8, 4) is 0 Å². The normalized spacial score (nSPS) is 10.3. The van der Waals surface area contributed by atoms with Gasteiger partial charge in [0.1, 0.15) is 0 Å². The summed E-state index contributed by atoms with van der Waals surface area (Å²) in [5.41, 5.74) is 4.09. The Hall–Kier alpha value is -2.06. The third-order valence-electron chi connectivity index (χ3n) is 4.74. The standard InChI is InChI=1S/C24H27N.BrH/c1-4-10-21(11-5-1)16-18-23(19-17-22-12-6-2-7-13-22)20-25-24-14-8-3-9-15-24;/h1-15,23,25H,16-20H2;1H. The van der Waals surface area contributed by atoms with E-state index < -0.39 is 0 Å². The fourth-order valence-corrected chi connectivity index (χ4v) is 3.20. The summed E-state index contributed by atoms with van der Waals surface area (Å²) < 4.78 is 0. The van der Waals surface area contributed by atoms with Gasteiger partial charge in [0.25, 0.3) is 0 Å². The van der Waals surface area contributed by atoms with Crippen molar-refractivity contribution in [2.75, 3.05) is 11.9 Å². The summed E-state index contributed by atoms with van der Waals surface area (Å²) in [6, 6.07) is 32.2. The van der Waals surface area contributed by atoms with E-state index in [0.717, 1.165) is 19.4 Å². The Balaban J connectivity index is 0.00000243. The van der Waals surface area contributed by atoms with Crippen LogP contribution in [0.15, 0.2) is 91.0 Å². The van der Waals surface area contributed by atoms with E-state index in [4.69, 9.17) is 0 Å². The molecule has 1 nitrogen and oxygen atoms in total. The predicted octanol–water partition coefficient (Wildman–Crippen LogP) is 6.56. The average molecular weight is 410 g/mol. The highest BCUT2D eigenvalue weighted by Gasteiger charge is 2.10. The average Bonchev–Trinajstić information content (AvgIpc) is 2.70. The fraction of sp³-hybridized carbons (Fsp3) is 0.250. The summed E-state index contributed by atoms with van der Waals surface area (Å²) >= 11 is 0. The zero-order chi connectivity index (χ0) is 17.2. The molecular weight excluding hydrogens is 382 g/mol. The van der Waals surface area contributed by atoms with Crippen LogP contribution in [-0.4, -0.2) is 6.54 Å². The monoisotopic (exact) mass is 409 g/mol. The van der Waals surface area contributed by atoms with Gasteiger partial charge in [0.15, 0.2) is 0 Å². The van der Waals surface area contributed by atoms with Crippen LogP contribution < -0.4 is 5.32 Å². The van der Waals surface area contributed by atoms with Gasteiger partial charge in [0, 0.05) is 12.2 Å². The molecule has 0 heterocycles. The van der Waals surface area contributed by atoms with Crippen LogP contribution in [-0.2, 0) is 12.8 Å². The summed E-state index contributed by atoms with van der Waals surface area (Å²) in [7, 11) is 0. The molecule has 0 aromatic heterocycles. The summed E-state index contributed by atoms with van der Waals surface area (Å²) in [4.78, 5) is 0. The van der Waals surface area contributed by atoms with Gasteiger partial charge < -0.3 is 5.32 Å². The van der Waals surface area contributed by atoms with Crippen LogP contribution in [0.1, 0.15) is 24.0 Å². The van der Waals surface area contributed by atoms with E-state index in [1.54, 1.807) is 0 Å². The molecule has 2 heteroatoms. The Kier molecular flexibility index (Phi) is 8.99. The van der Waals surface area contributed by atoms with E-state index in [0.29, 0.717) is 5.92 Å². The first-order valence-corrected chi connectivity index (χ1v) is 9.27. The van der Waals surface area contributed by atoms with Gasteiger partial charge in [-0.2, -0.15) is 0 Å². The molecule has 0 aliphatic heterocycles. The molecule has 0 spiro atoms. The van der Waals surface area contributed by atoms with Crippen LogP contribution in [0.25, 0.3) is 0 Å². The largest absolute Gasteiger partial charge is 0.385 e. The van der Waals surface area contributed by atoms with Crippen molar-refractivity contribution in [1.29, 1.82) is 0 Å². The molecule has 3 aromatic rings. The van der Waals surface area contributed by atoms with Gasteiger partial charge in [-0.15, -0.1) is 17.0 Å². The zero-order valence-electron chi connectivity index (χ0n) is 15.2. The van der Waals surface area contributed by atoms with Crippen molar-refractivity contribution in [3.63, 3.8) is 0 Å². The molecule has 0 unspecified atom stereocenters. The van der Waals surface area contributed by atoms with Crippen molar-refractivity contribution < 1.29 is 0 Å². The molecule has 0 saturated heterocycles. The molecule has 0 radical (unpaired) electrons. The number of rotatable bonds is 9. The lowest BCUT2D eigenvalue weighted by Crippen LogP contribution is -2.16. The molecular formula is C24H28BrN. The molecule has 0 aliphatic carbocycles. The first kappa shape index (κ1) is 20.3. The number of para-hydroxylation sites is 1. The van der Waals surface area contributed by atoms with E-state index in [1.807, 2.05) is 0 Å². The predicted molar refractivity (Wildman–Crippen MR) is 118 cm³/mol. The van der Waals surface area contributed by atoms with Gasteiger partial charge in [-0.3, -0.25) is 0 Å². The third kappa shape index (κ3) is 7.05. The molecule has 0 atom stereocenters. The number of hydrogen-bond donors (Lipinski definition) is 1. The van der Waals surface area contributed by atoms with Crippen LogP contribution in [0, 0.1) is 5.92 Å². The van der Waals surface area contributed by atoms with Gasteiger partial charge in [0.2, 0.25) is 0 Å². The second-order valence-corrected chi connectivity index (χ2v) is 6.66. The molecule has 0 saturated carbocycles. The summed E-state index contributed by atoms with van der Waals surface area (Å²) in [6.07, 6.45) is 4.74. The lowest BCUT2D eigenvalue weighted by molar-refractivity contribution is 0.473. The van der Waals surface area contributed by atoms with E-state index in [2.05, 4.69) is 96.3 Å². The maximum absolute atomic E-state index is 3.62. The minimum Gasteiger partial charge on any atom is -0.385 e. The Morgan fingerprint density at radius 1 is 0.577 bits per heavy atom. The number of benzene rings is 3. The van der Waals surface area contributed by atoms with Gasteiger partial charge in [0.05, 0.1) is 0 Å². The first-order valence-electron chi connectivity index (χ1n) is 9.27. The number of nitrogens with one attached hydrogen (secondary N) is 1. The van der Waals surface area contributed by atoms with Gasteiger partial charge in [-0.1, -0.05) is 78.9 Å². The van der Waals surface area contributed by atoms with Crippen molar-refractivity contribution in [2.24, 2.45) is 5.92 Å². The van der Waals surface area contributed by atoms with Crippen LogP contribution >= 0.6 is 17.0 Å². The fourth-order valence-electron chi connectivity index (χ4n) is 3.20. The Labute approximate surface area is 168 Å². The Morgan fingerprint density at radius 3 is 1.46 bits per heavy atom. The SMILES string of the molecule is Br.c1ccc(CCC(CCc2ccccc2)CNc2ccccc2)cc1. The molecule has 3 rings (SSSR count). The second kappa shape index (κ2) is 11.5. The minimum absolute atomic E-state index is 0. The van der Waals surface area contributed by atoms with Crippen LogP contribution in [0.2, 0.25) is 0 Å². The maximum atomic E-state index is 3.62. The lowest BCUT2D eigenvalue weighted by atomic mass is 9.93. The number of halogens is 1. The van der Waals surface area contributed by atoms with E-state index in [-0.39, 0.29) is 17.0 Å². The van der Waals surface area contributed by atoms with Crippen LogP contribution in [0.3, 0.4) is 0 Å². The molecule has 0 bridgehead atoms. The lowest BCUT2D eigenvalue weighted by Gasteiger charge is -2.19. The molecule has 0 fully saturated rings. The van der Waals surface area contributed by atoms with Gasteiger partial charge in [-0.05, 0) is 54.9 Å². The first-order chi connectivity index (χ1) is 12.4. The topological polar surface area (TPSA) is 12.0 Å². The summed E-state index contributed by atoms with van der Waals surface area (Å²) in [5, 5.41) is 3.62.